The number of rotatable bonds is 5. The van der Waals surface area contributed by atoms with E-state index in [-0.39, 0.29) is 12.6 Å². The van der Waals surface area contributed by atoms with Gasteiger partial charge in [-0.15, -0.1) is 11.3 Å². The molecule has 1 aliphatic rings. The summed E-state index contributed by atoms with van der Waals surface area (Å²) in [6.07, 6.45) is 2.44. The van der Waals surface area contributed by atoms with Gasteiger partial charge in [0.1, 0.15) is 11.1 Å². The third kappa shape index (κ3) is 3.03. The molecule has 1 aliphatic carbocycles. The fraction of sp³-hybridized carbons (Fsp3) is 0.278. The van der Waals surface area contributed by atoms with E-state index in [1.165, 1.54) is 11.3 Å². The number of carbonyl (C=O) groups is 2. The van der Waals surface area contributed by atoms with Crippen LogP contribution < -0.4 is 5.32 Å². The van der Waals surface area contributed by atoms with Gasteiger partial charge in [0.15, 0.2) is 6.61 Å². The molecule has 1 saturated carbocycles. The summed E-state index contributed by atoms with van der Waals surface area (Å²) in [5.74, 6) is -0.799. The van der Waals surface area contributed by atoms with Crippen LogP contribution in [0.15, 0.2) is 41.8 Å². The molecule has 1 amide bonds. The molecule has 1 fully saturated rings. The predicted octanol–water partition coefficient (Wildman–Crippen LogP) is 3.22. The third-order valence-electron chi connectivity index (χ3n) is 4.30. The van der Waals surface area contributed by atoms with E-state index in [4.69, 9.17) is 10.00 Å². The van der Waals surface area contributed by atoms with Crippen molar-refractivity contribution in [3.05, 3.63) is 52.9 Å². The lowest BCUT2D eigenvalue weighted by molar-refractivity contribution is -0.156. The number of nitrogens with one attached hydrogen (secondary N) is 1. The molecular formula is C18H16N2O3S. The second-order valence-electron chi connectivity index (χ2n) is 5.70. The minimum absolute atomic E-state index is 0.351. The van der Waals surface area contributed by atoms with Gasteiger partial charge in [0.25, 0.3) is 5.91 Å². The molecule has 1 N–H and O–H groups in total. The number of carbonyl (C=O) groups excluding carboxylic acids is 2. The summed E-state index contributed by atoms with van der Waals surface area (Å²) in [4.78, 5) is 24.5. The summed E-state index contributed by atoms with van der Waals surface area (Å²) >= 11 is 1.26. The van der Waals surface area contributed by atoms with Crippen LogP contribution in [-0.2, 0) is 19.7 Å². The van der Waals surface area contributed by atoms with Crippen LogP contribution in [0.3, 0.4) is 0 Å². The first-order valence-corrected chi connectivity index (χ1v) is 8.54. The van der Waals surface area contributed by atoms with Gasteiger partial charge < -0.3 is 10.1 Å². The predicted molar refractivity (Wildman–Crippen MR) is 90.6 cm³/mol. The minimum atomic E-state index is -0.623. The molecule has 0 unspecified atom stereocenters. The molecule has 5 nitrogen and oxygen atoms in total. The Bertz CT molecular complexity index is 788. The van der Waals surface area contributed by atoms with Gasteiger partial charge >= 0.3 is 5.97 Å². The second-order valence-corrected chi connectivity index (χ2v) is 6.62. The van der Waals surface area contributed by atoms with E-state index >= 15 is 0 Å². The highest BCUT2D eigenvalue weighted by Crippen LogP contribution is 2.44. The summed E-state index contributed by atoms with van der Waals surface area (Å²) in [5, 5.41) is 13.7. The van der Waals surface area contributed by atoms with E-state index < -0.39 is 11.3 Å². The zero-order chi connectivity index (χ0) is 17.0. The number of ether oxygens (including phenoxy) is 1. The number of anilines is 1. The van der Waals surface area contributed by atoms with Crippen molar-refractivity contribution in [3.8, 4) is 6.07 Å². The third-order valence-corrected chi connectivity index (χ3v) is 5.13. The van der Waals surface area contributed by atoms with Crippen LogP contribution in [0.25, 0.3) is 0 Å². The van der Waals surface area contributed by atoms with Crippen LogP contribution in [0.1, 0.15) is 30.4 Å². The fourth-order valence-corrected chi connectivity index (χ4v) is 3.58. The average molecular weight is 340 g/mol. The van der Waals surface area contributed by atoms with Gasteiger partial charge in [-0.3, -0.25) is 9.59 Å². The number of thiophene rings is 1. The number of amides is 1. The van der Waals surface area contributed by atoms with Crippen LogP contribution in [0, 0.1) is 11.3 Å². The summed E-state index contributed by atoms with van der Waals surface area (Å²) < 4.78 is 5.26. The Morgan fingerprint density at radius 1 is 1.25 bits per heavy atom. The van der Waals surface area contributed by atoms with Gasteiger partial charge in [0.05, 0.1) is 11.0 Å². The van der Waals surface area contributed by atoms with Crippen molar-refractivity contribution in [2.45, 2.75) is 24.7 Å². The monoisotopic (exact) mass is 340 g/mol. The molecule has 2 aromatic rings. The van der Waals surface area contributed by atoms with E-state index in [0.29, 0.717) is 10.6 Å². The summed E-state index contributed by atoms with van der Waals surface area (Å²) in [6.45, 7) is -0.351. The molecule has 6 heteroatoms. The van der Waals surface area contributed by atoms with Crippen LogP contribution in [-0.4, -0.2) is 18.5 Å². The number of nitriles is 1. The first-order chi connectivity index (χ1) is 11.7. The molecule has 3 rings (SSSR count). The van der Waals surface area contributed by atoms with Crippen LogP contribution >= 0.6 is 11.3 Å². The lowest BCUT2D eigenvalue weighted by Crippen LogP contribution is -2.44. The van der Waals surface area contributed by atoms with Crippen molar-refractivity contribution in [1.82, 2.24) is 0 Å². The average Bonchev–Trinajstić information content (AvgIpc) is 3.00. The van der Waals surface area contributed by atoms with Gasteiger partial charge in [-0.25, -0.2) is 0 Å². The van der Waals surface area contributed by atoms with E-state index in [1.54, 1.807) is 11.4 Å². The van der Waals surface area contributed by atoms with Crippen LogP contribution in [0.5, 0.6) is 0 Å². The number of benzene rings is 1. The number of hydrogen-bond acceptors (Lipinski definition) is 5. The first-order valence-electron chi connectivity index (χ1n) is 7.66. The molecule has 0 radical (unpaired) electrons. The molecule has 0 saturated heterocycles. The number of esters is 1. The zero-order valence-corrected chi connectivity index (χ0v) is 13.8. The highest BCUT2D eigenvalue weighted by Gasteiger charge is 2.47. The molecule has 0 spiro atoms. The maximum absolute atomic E-state index is 12.5. The summed E-state index contributed by atoms with van der Waals surface area (Å²) in [7, 11) is 0. The topological polar surface area (TPSA) is 79.2 Å². The van der Waals surface area contributed by atoms with Gasteiger partial charge in [-0.2, -0.15) is 5.26 Å². The molecule has 1 aromatic carbocycles. The van der Waals surface area contributed by atoms with Crippen molar-refractivity contribution >= 4 is 28.2 Å². The molecule has 24 heavy (non-hydrogen) atoms. The largest absolute Gasteiger partial charge is 0.455 e. The Labute approximate surface area is 143 Å². The van der Waals surface area contributed by atoms with E-state index in [0.717, 1.165) is 24.8 Å². The molecule has 122 valence electrons. The van der Waals surface area contributed by atoms with Crippen molar-refractivity contribution in [2.75, 3.05) is 11.9 Å². The van der Waals surface area contributed by atoms with E-state index in [1.807, 2.05) is 36.4 Å². The lowest BCUT2D eigenvalue weighted by Gasteiger charge is -2.39. The Morgan fingerprint density at radius 2 is 2.00 bits per heavy atom. The molecule has 1 heterocycles. The Balaban J connectivity index is 1.61. The van der Waals surface area contributed by atoms with Crippen molar-refractivity contribution in [3.63, 3.8) is 0 Å². The fourth-order valence-electron chi connectivity index (χ4n) is 2.82. The van der Waals surface area contributed by atoms with Crippen molar-refractivity contribution in [2.24, 2.45) is 0 Å². The number of hydrogen-bond donors (Lipinski definition) is 1. The molecule has 0 atom stereocenters. The Hall–Kier alpha value is -2.65. The quantitative estimate of drug-likeness (QED) is 0.848. The normalized spacial score (nSPS) is 15.0. The first kappa shape index (κ1) is 16.2. The van der Waals surface area contributed by atoms with Crippen molar-refractivity contribution in [1.29, 1.82) is 5.26 Å². The van der Waals surface area contributed by atoms with Gasteiger partial charge in [0.2, 0.25) is 0 Å². The molecule has 1 aromatic heterocycles. The minimum Gasteiger partial charge on any atom is -0.455 e. The molecule has 0 bridgehead atoms. The number of nitrogens with zero attached hydrogens (tertiary/aromatic N) is 1. The molecular weight excluding hydrogens is 324 g/mol. The highest BCUT2D eigenvalue weighted by molar-refractivity contribution is 7.14. The second kappa shape index (κ2) is 6.85. The zero-order valence-electron chi connectivity index (χ0n) is 13.0. The lowest BCUT2D eigenvalue weighted by atomic mass is 9.64. The molecule has 0 aliphatic heterocycles. The van der Waals surface area contributed by atoms with E-state index in [2.05, 4.69) is 5.32 Å². The van der Waals surface area contributed by atoms with Crippen molar-refractivity contribution < 1.29 is 14.3 Å². The summed E-state index contributed by atoms with van der Waals surface area (Å²) in [5.41, 5.74) is 0.716. The maximum Gasteiger partial charge on any atom is 0.317 e. The van der Waals surface area contributed by atoms with Gasteiger partial charge in [-0.1, -0.05) is 36.8 Å². The van der Waals surface area contributed by atoms with Crippen LogP contribution in [0.2, 0.25) is 0 Å². The van der Waals surface area contributed by atoms with E-state index in [9.17, 15) is 9.59 Å². The highest BCUT2D eigenvalue weighted by atomic mass is 32.1. The maximum atomic E-state index is 12.5. The Kier molecular flexibility index (Phi) is 4.63. The summed E-state index contributed by atoms with van der Waals surface area (Å²) in [6, 6.07) is 13.2. The van der Waals surface area contributed by atoms with Crippen LogP contribution in [0.4, 0.5) is 5.00 Å². The Morgan fingerprint density at radius 3 is 2.62 bits per heavy atom. The SMILES string of the molecule is N#Cc1ccsc1NC(=O)COC(=O)C1(c2ccccc2)CCC1. The van der Waals surface area contributed by atoms with Gasteiger partial charge in [-0.05, 0) is 29.9 Å². The smallest absolute Gasteiger partial charge is 0.317 e. The van der Waals surface area contributed by atoms with Gasteiger partial charge in [0, 0.05) is 0 Å². The standard InChI is InChI=1S/C18H16N2O3S/c19-11-13-7-10-24-16(13)20-15(21)12-23-17(22)18(8-4-9-18)14-5-2-1-3-6-14/h1-3,5-7,10H,4,8-9,12H2,(H,20,21).